The van der Waals surface area contributed by atoms with E-state index in [-0.39, 0.29) is 5.91 Å². The van der Waals surface area contributed by atoms with Crippen molar-refractivity contribution in [1.82, 2.24) is 10.2 Å². The zero-order valence-electron chi connectivity index (χ0n) is 11.2. The number of hydrogen-bond acceptors (Lipinski definition) is 3. The van der Waals surface area contributed by atoms with Crippen LogP contribution in [0, 0.1) is 3.57 Å². The third-order valence-corrected chi connectivity index (χ3v) is 3.89. The van der Waals surface area contributed by atoms with Crippen molar-refractivity contribution in [2.45, 2.75) is 18.9 Å². The first-order chi connectivity index (χ1) is 9.13. The van der Waals surface area contributed by atoms with Crippen molar-refractivity contribution < 1.29 is 4.79 Å². The second kappa shape index (κ2) is 7.21. The number of benzene rings is 1. The van der Waals surface area contributed by atoms with Gasteiger partial charge in [0.15, 0.2) is 0 Å². The number of nitrogens with zero attached hydrogens (tertiary/aromatic N) is 1. The number of nitrogens with one attached hydrogen (secondary N) is 2. The van der Waals surface area contributed by atoms with Crippen LogP contribution in [0.15, 0.2) is 24.3 Å². The Labute approximate surface area is 128 Å². The van der Waals surface area contributed by atoms with Crippen molar-refractivity contribution in [2.75, 3.05) is 32.0 Å². The van der Waals surface area contributed by atoms with Crippen LogP contribution in [0.1, 0.15) is 12.8 Å². The Balaban J connectivity index is 1.77. The Morgan fingerprint density at radius 2 is 2.42 bits per heavy atom. The fourth-order valence-corrected chi connectivity index (χ4v) is 2.91. The zero-order chi connectivity index (χ0) is 13.7. The molecule has 2 N–H and O–H groups in total. The van der Waals surface area contributed by atoms with Gasteiger partial charge in [0, 0.05) is 21.8 Å². The van der Waals surface area contributed by atoms with Gasteiger partial charge in [0.25, 0.3) is 0 Å². The van der Waals surface area contributed by atoms with Crippen molar-refractivity contribution in [1.29, 1.82) is 0 Å². The monoisotopic (exact) mass is 373 g/mol. The SMILES string of the molecule is CN(CC(=O)Nc1cccc(I)c1)CC1CCCN1. The molecular formula is C14H20IN3O. The van der Waals surface area contributed by atoms with Gasteiger partial charge >= 0.3 is 0 Å². The van der Waals surface area contributed by atoms with Crippen molar-refractivity contribution >= 4 is 34.2 Å². The van der Waals surface area contributed by atoms with Crippen LogP contribution in [-0.4, -0.2) is 43.5 Å². The Hall–Kier alpha value is -0.660. The minimum absolute atomic E-state index is 0.0440. The molecule has 19 heavy (non-hydrogen) atoms. The summed E-state index contributed by atoms with van der Waals surface area (Å²) in [6, 6.07) is 8.38. The summed E-state index contributed by atoms with van der Waals surface area (Å²) in [6.07, 6.45) is 2.45. The highest BCUT2D eigenvalue weighted by atomic mass is 127. The minimum atomic E-state index is 0.0440. The second-order valence-corrected chi connectivity index (χ2v) is 6.29. The molecule has 1 aliphatic rings. The lowest BCUT2D eigenvalue weighted by atomic mass is 10.2. The highest BCUT2D eigenvalue weighted by Crippen LogP contribution is 2.12. The van der Waals surface area contributed by atoms with Crippen LogP contribution in [-0.2, 0) is 4.79 Å². The summed E-state index contributed by atoms with van der Waals surface area (Å²) in [5.74, 6) is 0.0440. The summed E-state index contributed by atoms with van der Waals surface area (Å²) >= 11 is 2.24. The van der Waals surface area contributed by atoms with Gasteiger partial charge in [0.1, 0.15) is 0 Å². The Bertz CT molecular complexity index is 432. The molecule has 0 spiro atoms. The van der Waals surface area contributed by atoms with Gasteiger partial charge in [-0.05, 0) is 67.2 Å². The molecule has 1 saturated heterocycles. The maximum atomic E-state index is 11.9. The van der Waals surface area contributed by atoms with Crippen molar-refractivity contribution in [3.8, 4) is 0 Å². The van der Waals surface area contributed by atoms with E-state index >= 15 is 0 Å². The number of hydrogen-bond donors (Lipinski definition) is 2. The van der Waals surface area contributed by atoms with E-state index in [0.29, 0.717) is 12.6 Å². The second-order valence-electron chi connectivity index (χ2n) is 5.05. The lowest BCUT2D eigenvalue weighted by Crippen LogP contribution is -2.39. The standard InChI is InChI=1S/C14H20IN3O/c1-18(9-13-6-3-7-16-13)10-14(19)17-12-5-2-4-11(15)8-12/h2,4-5,8,13,16H,3,6-7,9-10H2,1H3,(H,17,19). The molecule has 1 unspecified atom stereocenters. The molecule has 0 bridgehead atoms. The summed E-state index contributed by atoms with van der Waals surface area (Å²) in [6.45, 7) is 2.47. The molecule has 0 radical (unpaired) electrons. The first kappa shape index (κ1) is 14.7. The quantitative estimate of drug-likeness (QED) is 0.776. The Morgan fingerprint density at radius 1 is 1.58 bits per heavy atom. The lowest BCUT2D eigenvalue weighted by Gasteiger charge is -2.20. The van der Waals surface area contributed by atoms with Gasteiger partial charge in [-0.25, -0.2) is 0 Å². The van der Waals surface area contributed by atoms with Gasteiger partial charge in [-0.1, -0.05) is 6.07 Å². The Morgan fingerprint density at radius 3 is 3.11 bits per heavy atom. The predicted octanol–water partition coefficient (Wildman–Crippen LogP) is 1.91. The zero-order valence-corrected chi connectivity index (χ0v) is 13.3. The average Bonchev–Trinajstić information content (AvgIpc) is 2.81. The highest BCUT2D eigenvalue weighted by molar-refractivity contribution is 14.1. The van der Waals surface area contributed by atoms with Crippen molar-refractivity contribution in [2.24, 2.45) is 0 Å². The largest absolute Gasteiger partial charge is 0.325 e. The third kappa shape index (κ3) is 5.08. The molecule has 5 heteroatoms. The van der Waals surface area contributed by atoms with Gasteiger partial charge in [-0.2, -0.15) is 0 Å². The van der Waals surface area contributed by atoms with Crippen LogP contribution in [0.2, 0.25) is 0 Å². The highest BCUT2D eigenvalue weighted by Gasteiger charge is 2.17. The number of likely N-dealkylation sites (N-methyl/N-ethyl adjacent to an activating group) is 1. The van der Waals surface area contributed by atoms with Gasteiger partial charge < -0.3 is 10.6 Å². The average molecular weight is 373 g/mol. The molecule has 0 saturated carbocycles. The summed E-state index contributed by atoms with van der Waals surface area (Å²) in [7, 11) is 1.99. The number of anilines is 1. The molecule has 1 fully saturated rings. The molecule has 4 nitrogen and oxygen atoms in total. The molecule has 0 aliphatic carbocycles. The predicted molar refractivity (Wildman–Crippen MR) is 86.3 cm³/mol. The number of rotatable bonds is 5. The summed E-state index contributed by atoms with van der Waals surface area (Å²) in [4.78, 5) is 14.0. The van der Waals surface area contributed by atoms with E-state index in [2.05, 4.69) is 38.1 Å². The van der Waals surface area contributed by atoms with Crippen molar-refractivity contribution in [3.63, 3.8) is 0 Å². The lowest BCUT2D eigenvalue weighted by molar-refractivity contribution is -0.117. The first-order valence-electron chi connectivity index (χ1n) is 6.61. The smallest absolute Gasteiger partial charge is 0.238 e. The van der Waals surface area contributed by atoms with E-state index in [4.69, 9.17) is 0 Å². The fourth-order valence-electron chi connectivity index (χ4n) is 2.37. The number of amides is 1. The van der Waals surface area contributed by atoms with E-state index in [1.54, 1.807) is 0 Å². The van der Waals surface area contributed by atoms with Crippen LogP contribution < -0.4 is 10.6 Å². The molecule has 1 aromatic carbocycles. The molecule has 1 amide bonds. The molecule has 104 valence electrons. The van der Waals surface area contributed by atoms with Gasteiger partial charge in [-0.3, -0.25) is 9.69 Å². The Kier molecular flexibility index (Phi) is 5.59. The number of carbonyl (C=O) groups is 1. The summed E-state index contributed by atoms with van der Waals surface area (Å²) < 4.78 is 1.12. The normalized spacial score (nSPS) is 18.8. The molecule has 1 aliphatic heterocycles. The summed E-state index contributed by atoms with van der Waals surface area (Å²) in [5, 5.41) is 6.38. The first-order valence-corrected chi connectivity index (χ1v) is 7.69. The topological polar surface area (TPSA) is 44.4 Å². The van der Waals surface area contributed by atoms with E-state index in [9.17, 15) is 4.79 Å². The third-order valence-electron chi connectivity index (χ3n) is 3.22. The van der Waals surface area contributed by atoms with Crippen LogP contribution >= 0.6 is 22.6 Å². The maximum Gasteiger partial charge on any atom is 0.238 e. The molecular weight excluding hydrogens is 353 g/mol. The van der Waals surface area contributed by atoms with E-state index in [1.165, 1.54) is 12.8 Å². The fraction of sp³-hybridized carbons (Fsp3) is 0.500. The van der Waals surface area contributed by atoms with Crippen LogP contribution in [0.25, 0.3) is 0 Å². The maximum absolute atomic E-state index is 11.9. The minimum Gasteiger partial charge on any atom is -0.325 e. The molecule has 1 atom stereocenters. The molecule has 1 heterocycles. The van der Waals surface area contributed by atoms with Crippen molar-refractivity contribution in [3.05, 3.63) is 27.8 Å². The molecule has 0 aromatic heterocycles. The molecule has 1 aromatic rings. The van der Waals surface area contributed by atoms with Crippen LogP contribution in [0.5, 0.6) is 0 Å². The van der Waals surface area contributed by atoms with Gasteiger partial charge in [-0.15, -0.1) is 0 Å². The van der Waals surface area contributed by atoms with E-state index in [1.807, 2.05) is 31.3 Å². The van der Waals surface area contributed by atoms with Gasteiger partial charge in [0.05, 0.1) is 6.54 Å². The van der Waals surface area contributed by atoms with E-state index < -0.39 is 0 Å². The van der Waals surface area contributed by atoms with Gasteiger partial charge in [0.2, 0.25) is 5.91 Å². The molecule has 2 rings (SSSR count). The van der Waals surface area contributed by atoms with Crippen LogP contribution in [0.3, 0.4) is 0 Å². The van der Waals surface area contributed by atoms with Crippen LogP contribution in [0.4, 0.5) is 5.69 Å². The number of halogens is 1. The summed E-state index contributed by atoms with van der Waals surface area (Å²) in [5.41, 5.74) is 0.865. The number of carbonyl (C=O) groups excluding carboxylic acids is 1. The van der Waals surface area contributed by atoms with E-state index in [0.717, 1.165) is 22.3 Å².